The predicted octanol–water partition coefficient (Wildman–Crippen LogP) is 4.38. The molecule has 7 heteroatoms. The number of fused-ring (bicyclic) bond motifs is 2. The molecular weight excluding hydrogens is 345 g/mol. The van der Waals surface area contributed by atoms with Crippen molar-refractivity contribution < 1.29 is 22.7 Å². The normalized spacial score (nSPS) is 22.4. The third-order valence-corrected chi connectivity index (χ3v) is 5.31. The van der Waals surface area contributed by atoms with Gasteiger partial charge in [0.15, 0.2) is 0 Å². The maximum Gasteiger partial charge on any atom is 0.416 e. The Morgan fingerprint density at radius 2 is 1.85 bits per heavy atom. The summed E-state index contributed by atoms with van der Waals surface area (Å²) in [6.45, 7) is 6.11. The molecule has 2 N–H and O–H groups in total. The van der Waals surface area contributed by atoms with Gasteiger partial charge in [0.2, 0.25) is 0 Å². The fourth-order valence-electron chi connectivity index (χ4n) is 4.24. The molecule has 0 bridgehead atoms. The van der Waals surface area contributed by atoms with Crippen LogP contribution in [0.2, 0.25) is 0 Å². The summed E-state index contributed by atoms with van der Waals surface area (Å²) in [6, 6.07) is 3.86. The van der Waals surface area contributed by atoms with Crippen molar-refractivity contribution in [2.24, 2.45) is 5.73 Å². The van der Waals surface area contributed by atoms with Crippen molar-refractivity contribution >= 4 is 6.09 Å². The molecule has 1 aliphatic carbocycles. The quantitative estimate of drug-likeness (QED) is 0.737. The summed E-state index contributed by atoms with van der Waals surface area (Å²) in [6.07, 6.45) is -3.43. The number of benzene rings is 1. The molecule has 1 heterocycles. The fraction of sp³-hybridized carbons (Fsp3) is 0.632. The zero-order chi connectivity index (χ0) is 19.3. The Labute approximate surface area is 151 Å². The minimum Gasteiger partial charge on any atom is -0.444 e. The highest BCUT2D eigenvalue weighted by Crippen LogP contribution is 2.53. The number of piperidine rings is 1. The van der Waals surface area contributed by atoms with Crippen LogP contribution >= 0.6 is 0 Å². The van der Waals surface area contributed by atoms with Gasteiger partial charge in [0.1, 0.15) is 5.60 Å². The Kier molecular flexibility index (Phi) is 4.50. The molecule has 4 nitrogen and oxygen atoms in total. The first-order valence-electron chi connectivity index (χ1n) is 8.87. The molecule has 1 amide bonds. The van der Waals surface area contributed by atoms with Gasteiger partial charge in [0.05, 0.1) is 5.56 Å². The summed E-state index contributed by atoms with van der Waals surface area (Å²) < 4.78 is 46.1. The van der Waals surface area contributed by atoms with Gasteiger partial charge in [-0.1, -0.05) is 12.1 Å². The van der Waals surface area contributed by atoms with Crippen LogP contribution in [0.3, 0.4) is 0 Å². The van der Waals surface area contributed by atoms with E-state index in [2.05, 4.69) is 0 Å². The average Bonchev–Trinajstić information content (AvgIpc) is 2.78. The zero-order valence-corrected chi connectivity index (χ0v) is 15.3. The molecule has 2 aliphatic rings. The number of rotatable bonds is 0. The Morgan fingerprint density at radius 3 is 2.38 bits per heavy atom. The van der Waals surface area contributed by atoms with E-state index in [4.69, 9.17) is 10.5 Å². The molecule has 1 aromatic carbocycles. The van der Waals surface area contributed by atoms with Crippen molar-refractivity contribution in [3.63, 3.8) is 0 Å². The molecule has 1 aromatic rings. The SMILES string of the molecule is CC(C)(C)OC(=O)N1CCC2(CC1)CC(N)c1cccc(C(F)(F)F)c12. The van der Waals surface area contributed by atoms with Crippen molar-refractivity contribution in [3.05, 3.63) is 34.9 Å². The summed E-state index contributed by atoms with van der Waals surface area (Å²) >= 11 is 0. The summed E-state index contributed by atoms with van der Waals surface area (Å²) in [7, 11) is 0. The van der Waals surface area contributed by atoms with Gasteiger partial charge in [0.25, 0.3) is 0 Å². The van der Waals surface area contributed by atoms with Crippen molar-refractivity contribution in [1.82, 2.24) is 4.90 Å². The molecule has 1 atom stereocenters. The van der Waals surface area contributed by atoms with E-state index in [1.54, 1.807) is 31.7 Å². The van der Waals surface area contributed by atoms with Gasteiger partial charge in [-0.15, -0.1) is 0 Å². The summed E-state index contributed by atoms with van der Waals surface area (Å²) in [5.41, 5.74) is 5.28. The summed E-state index contributed by atoms with van der Waals surface area (Å²) in [5.74, 6) is 0. The standard InChI is InChI=1S/C19H25F3N2O2/c1-17(2,3)26-16(25)24-9-7-18(8-10-24)11-14(23)12-5-4-6-13(15(12)18)19(20,21)22/h4-6,14H,7-11,23H2,1-3H3. The third kappa shape index (κ3) is 3.41. The van der Waals surface area contributed by atoms with Crippen LogP contribution in [-0.4, -0.2) is 29.7 Å². The molecule has 1 saturated heterocycles. The lowest BCUT2D eigenvalue weighted by molar-refractivity contribution is -0.139. The predicted molar refractivity (Wildman–Crippen MR) is 91.7 cm³/mol. The van der Waals surface area contributed by atoms with Gasteiger partial charge in [0, 0.05) is 24.5 Å². The first-order chi connectivity index (χ1) is 11.9. The number of nitrogens with two attached hydrogens (primary N) is 1. The smallest absolute Gasteiger partial charge is 0.416 e. The van der Waals surface area contributed by atoms with E-state index in [1.807, 2.05) is 0 Å². The lowest BCUT2D eigenvalue weighted by Gasteiger charge is -2.41. The summed E-state index contributed by atoms with van der Waals surface area (Å²) in [4.78, 5) is 13.8. The van der Waals surface area contributed by atoms with E-state index in [1.165, 1.54) is 6.07 Å². The van der Waals surface area contributed by atoms with Gasteiger partial charge in [-0.3, -0.25) is 0 Å². The third-order valence-electron chi connectivity index (χ3n) is 5.31. The second kappa shape index (κ2) is 6.15. The van der Waals surface area contributed by atoms with E-state index in [0.29, 0.717) is 43.5 Å². The largest absolute Gasteiger partial charge is 0.444 e. The van der Waals surface area contributed by atoms with Crippen LogP contribution in [0.25, 0.3) is 0 Å². The number of carbonyl (C=O) groups is 1. The van der Waals surface area contributed by atoms with Crippen molar-refractivity contribution in [2.45, 2.75) is 63.3 Å². The van der Waals surface area contributed by atoms with E-state index in [-0.39, 0.29) is 0 Å². The van der Waals surface area contributed by atoms with Crippen LogP contribution in [0.5, 0.6) is 0 Å². The molecule has 3 rings (SSSR count). The molecule has 0 radical (unpaired) electrons. The Balaban J connectivity index is 1.86. The Bertz CT molecular complexity index is 702. The number of alkyl halides is 3. The maximum atomic E-state index is 13.6. The molecule has 1 aliphatic heterocycles. The molecule has 26 heavy (non-hydrogen) atoms. The lowest BCUT2D eigenvalue weighted by Crippen LogP contribution is -2.46. The van der Waals surface area contributed by atoms with Crippen molar-refractivity contribution in [1.29, 1.82) is 0 Å². The topological polar surface area (TPSA) is 55.6 Å². The molecule has 0 aromatic heterocycles. The van der Waals surface area contributed by atoms with E-state index < -0.39 is 34.9 Å². The number of likely N-dealkylation sites (tertiary alicyclic amines) is 1. The van der Waals surface area contributed by atoms with Crippen LogP contribution in [0.1, 0.15) is 62.8 Å². The van der Waals surface area contributed by atoms with Crippen LogP contribution in [-0.2, 0) is 16.3 Å². The molecular formula is C19H25F3N2O2. The number of ether oxygens (including phenoxy) is 1. The van der Waals surface area contributed by atoms with Gasteiger partial charge in [-0.2, -0.15) is 13.2 Å². The highest BCUT2D eigenvalue weighted by Gasteiger charge is 2.50. The van der Waals surface area contributed by atoms with Gasteiger partial charge in [-0.05, 0) is 57.2 Å². The van der Waals surface area contributed by atoms with Crippen LogP contribution in [0, 0.1) is 0 Å². The maximum absolute atomic E-state index is 13.6. The first kappa shape index (κ1) is 19.0. The second-order valence-corrected chi connectivity index (χ2v) is 8.33. The number of carbonyl (C=O) groups excluding carboxylic acids is 1. The second-order valence-electron chi connectivity index (χ2n) is 8.33. The Morgan fingerprint density at radius 1 is 1.23 bits per heavy atom. The molecule has 1 unspecified atom stereocenters. The number of hydrogen-bond donors (Lipinski definition) is 1. The van der Waals surface area contributed by atoms with Crippen LogP contribution < -0.4 is 5.73 Å². The van der Waals surface area contributed by atoms with E-state index >= 15 is 0 Å². The number of hydrogen-bond acceptors (Lipinski definition) is 3. The zero-order valence-electron chi connectivity index (χ0n) is 15.3. The molecule has 1 fully saturated rings. The van der Waals surface area contributed by atoms with Gasteiger partial charge in [-0.25, -0.2) is 4.79 Å². The van der Waals surface area contributed by atoms with Crippen molar-refractivity contribution in [2.75, 3.05) is 13.1 Å². The van der Waals surface area contributed by atoms with Gasteiger partial charge < -0.3 is 15.4 Å². The Hall–Kier alpha value is -1.76. The lowest BCUT2D eigenvalue weighted by atomic mass is 9.72. The number of halogens is 3. The molecule has 0 saturated carbocycles. The number of amides is 1. The minimum absolute atomic E-state index is 0.337. The fourth-order valence-corrected chi connectivity index (χ4v) is 4.24. The molecule has 1 spiro atoms. The summed E-state index contributed by atoms with van der Waals surface area (Å²) in [5, 5.41) is 0. The van der Waals surface area contributed by atoms with E-state index in [0.717, 1.165) is 6.07 Å². The number of nitrogens with zero attached hydrogens (tertiary/aromatic N) is 1. The highest BCUT2D eigenvalue weighted by molar-refractivity contribution is 5.68. The molecule has 144 valence electrons. The average molecular weight is 370 g/mol. The minimum atomic E-state index is -4.41. The van der Waals surface area contributed by atoms with Crippen molar-refractivity contribution in [3.8, 4) is 0 Å². The first-order valence-corrected chi connectivity index (χ1v) is 8.87. The van der Waals surface area contributed by atoms with E-state index in [9.17, 15) is 18.0 Å². The highest BCUT2D eigenvalue weighted by atomic mass is 19.4. The van der Waals surface area contributed by atoms with Gasteiger partial charge >= 0.3 is 12.3 Å². The monoisotopic (exact) mass is 370 g/mol. The van der Waals surface area contributed by atoms with Crippen LogP contribution in [0.4, 0.5) is 18.0 Å². The van der Waals surface area contributed by atoms with Crippen LogP contribution in [0.15, 0.2) is 18.2 Å².